The number of esters is 1. The molecular weight excluding hydrogens is 224 g/mol. The van der Waals surface area contributed by atoms with Crippen molar-refractivity contribution in [2.45, 2.75) is 12.8 Å². The number of rotatable bonds is 6. The minimum absolute atomic E-state index is 0.0805. The van der Waals surface area contributed by atoms with Crippen LogP contribution in [0.5, 0.6) is 0 Å². The quantitative estimate of drug-likeness (QED) is 0.580. The fourth-order valence-corrected chi connectivity index (χ4v) is 1.08. The van der Waals surface area contributed by atoms with Crippen LogP contribution in [-0.4, -0.2) is 35.4 Å². The van der Waals surface area contributed by atoms with Crippen LogP contribution >= 0.6 is 0 Å². The zero-order valence-electron chi connectivity index (χ0n) is 12.9. The van der Waals surface area contributed by atoms with Gasteiger partial charge in [-0.15, -0.1) is 0 Å². The molecule has 0 aliphatic rings. The van der Waals surface area contributed by atoms with Crippen LogP contribution in [0.4, 0.5) is 0 Å². The molecule has 0 aliphatic heterocycles. The van der Waals surface area contributed by atoms with Crippen molar-refractivity contribution in [2.24, 2.45) is 0 Å². The van der Waals surface area contributed by atoms with E-state index >= 15 is 0 Å². The monoisotopic (exact) mass is 242 g/mol. The van der Waals surface area contributed by atoms with Crippen LogP contribution in [0.15, 0.2) is 24.2 Å². The summed E-state index contributed by atoms with van der Waals surface area (Å²) >= 11 is 0. The second-order valence-corrected chi connectivity index (χ2v) is 3.12. The Morgan fingerprint density at radius 2 is 1.88 bits per heavy atom. The van der Waals surface area contributed by atoms with Crippen LogP contribution in [0.3, 0.4) is 0 Å². The van der Waals surface area contributed by atoms with Crippen molar-refractivity contribution in [3.05, 3.63) is 35.3 Å². The molecule has 1 aromatic rings. The molecule has 0 unspecified atom stereocenters. The number of hydrogen-bond donors (Lipinski definition) is 2. The molecule has 2 N–H and O–H groups in total. The predicted molar refractivity (Wildman–Crippen MR) is 60.0 cm³/mol. The number of carbonyl (C=O) groups excluding carboxylic acids is 1. The van der Waals surface area contributed by atoms with Crippen LogP contribution in [-0.2, 0) is 4.74 Å². The number of unbranched alkanes of at least 4 members (excludes halogenated alkanes) is 1. The van der Waals surface area contributed by atoms with Gasteiger partial charge in [0.25, 0.3) is 0 Å². The van der Waals surface area contributed by atoms with Crippen molar-refractivity contribution in [1.29, 1.82) is 0 Å². The number of carboxylic acids is 1. The first-order valence-corrected chi connectivity index (χ1v) is 4.94. The Morgan fingerprint density at radius 3 is 2.47 bits per heavy atom. The molecule has 1 aromatic carbocycles. The number of hydrogen-bond acceptors (Lipinski definition) is 4. The van der Waals surface area contributed by atoms with Crippen molar-refractivity contribution < 1.29 is 30.0 Å². The van der Waals surface area contributed by atoms with Gasteiger partial charge >= 0.3 is 11.9 Å². The molecule has 5 nitrogen and oxygen atoms in total. The van der Waals surface area contributed by atoms with Gasteiger partial charge in [-0.25, -0.2) is 9.59 Å². The van der Waals surface area contributed by atoms with E-state index < -0.39 is 47.2 Å². The third-order valence-electron chi connectivity index (χ3n) is 1.89. The topological polar surface area (TPSA) is 83.8 Å². The molecule has 1 rings (SSSR count). The van der Waals surface area contributed by atoms with Crippen molar-refractivity contribution in [3.63, 3.8) is 0 Å². The summed E-state index contributed by atoms with van der Waals surface area (Å²) in [6, 6.07) is -2.98. The molecular formula is C12H14O5. The molecule has 0 aromatic heterocycles. The van der Waals surface area contributed by atoms with Crippen molar-refractivity contribution >= 4 is 11.9 Å². The first kappa shape index (κ1) is 8.25. The van der Waals surface area contributed by atoms with Crippen LogP contribution in [0.2, 0.25) is 0 Å². The first-order chi connectivity index (χ1) is 9.82. The highest BCUT2D eigenvalue weighted by atomic mass is 16.5. The van der Waals surface area contributed by atoms with Crippen molar-refractivity contribution in [3.8, 4) is 0 Å². The normalized spacial score (nSPS) is 13.2. The van der Waals surface area contributed by atoms with E-state index in [1.807, 2.05) is 0 Å². The van der Waals surface area contributed by atoms with Crippen LogP contribution in [0, 0.1) is 0 Å². The van der Waals surface area contributed by atoms with Gasteiger partial charge in [0, 0.05) is 6.61 Å². The lowest BCUT2D eigenvalue weighted by atomic mass is 10.1. The molecule has 0 aliphatic carbocycles. The van der Waals surface area contributed by atoms with Gasteiger partial charge in [-0.05, 0) is 24.9 Å². The zero-order chi connectivity index (χ0) is 16.2. The van der Waals surface area contributed by atoms with Gasteiger partial charge in [0.05, 0.1) is 23.2 Å². The number of aliphatic hydroxyl groups excluding tert-OH is 1. The van der Waals surface area contributed by atoms with E-state index in [9.17, 15) is 9.59 Å². The Bertz CT molecular complexity index is 574. The maximum atomic E-state index is 11.9. The van der Waals surface area contributed by atoms with Gasteiger partial charge in [0.1, 0.15) is 0 Å². The summed E-state index contributed by atoms with van der Waals surface area (Å²) in [5.74, 6) is -2.76. The maximum Gasteiger partial charge on any atom is 0.339 e. The third kappa shape index (κ3) is 3.88. The van der Waals surface area contributed by atoms with E-state index in [-0.39, 0.29) is 13.2 Å². The van der Waals surface area contributed by atoms with Crippen molar-refractivity contribution in [2.75, 3.05) is 13.2 Å². The van der Waals surface area contributed by atoms with E-state index in [4.69, 9.17) is 20.4 Å². The number of benzene rings is 1. The second kappa shape index (κ2) is 6.65. The second-order valence-electron chi connectivity index (χ2n) is 3.12. The number of aliphatic hydroxyl groups is 1. The van der Waals surface area contributed by atoms with Crippen LogP contribution < -0.4 is 0 Å². The van der Waals surface area contributed by atoms with E-state index in [0.717, 1.165) is 0 Å². The standard InChI is InChI=1S/C12H14O5/c13-7-3-4-8-17-12(16)10-6-2-1-5-9(10)11(14)15/h1-2,5-6,13H,3-4,7-8H2,(H,14,15)/i1D,2D,5D,6D. The Balaban J connectivity index is 3.21. The smallest absolute Gasteiger partial charge is 0.339 e. The molecule has 0 atom stereocenters. The molecule has 0 bridgehead atoms. The number of aromatic carboxylic acids is 1. The fourth-order valence-electron chi connectivity index (χ4n) is 1.08. The molecule has 0 saturated carbocycles. The highest BCUT2D eigenvalue weighted by Crippen LogP contribution is 2.10. The zero-order valence-corrected chi connectivity index (χ0v) is 8.95. The molecule has 0 heterocycles. The summed E-state index contributed by atoms with van der Waals surface area (Å²) in [6.07, 6.45) is 0.752. The number of carbonyl (C=O) groups is 2. The first-order valence-electron chi connectivity index (χ1n) is 6.94. The summed E-state index contributed by atoms with van der Waals surface area (Å²) < 4.78 is 34.8. The minimum atomic E-state index is -1.63. The lowest BCUT2D eigenvalue weighted by Crippen LogP contribution is -2.12. The predicted octanol–water partition coefficient (Wildman–Crippen LogP) is 1.31. The third-order valence-corrected chi connectivity index (χ3v) is 1.89. The fraction of sp³-hybridized carbons (Fsp3) is 0.333. The number of ether oxygens (including phenoxy) is 1. The molecule has 5 heteroatoms. The Labute approximate surface area is 104 Å². The molecule has 0 spiro atoms. The largest absolute Gasteiger partial charge is 0.478 e. The number of carboxylic acid groups (broad SMARTS) is 1. The highest BCUT2D eigenvalue weighted by Gasteiger charge is 2.16. The van der Waals surface area contributed by atoms with E-state index in [0.29, 0.717) is 12.8 Å². The Morgan fingerprint density at radius 1 is 1.24 bits per heavy atom. The summed E-state index contributed by atoms with van der Waals surface area (Å²) in [7, 11) is 0. The lowest BCUT2D eigenvalue weighted by molar-refractivity contribution is 0.0483. The van der Waals surface area contributed by atoms with E-state index in [1.165, 1.54) is 0 Å². The van der Waals surface area contributed by atoms with Gasteiger partial charge in [-0.3, -0.25) is 0 Å². The molecule has 0 amide bonds. The molecule has 0 fully saturated rings. The summed E-state index contributed by atoms with van der Waals surface area (Å²) in [4.78, 5) is 23.0. The molecule has 0 saturated heterocycles. The van der Waals surface area contributed by atoms with Gasteiger partial charge in [0.2, 0.25) is 0 Å². The van der Waals surface area contributed by atoms with Gasteiger partial charge < -0.3 is 14.9 Å². The SMILES string of the molecule is [2H]c1c([2H])c([2H])c(C(=O)OCCCCO)c(C(=O)O)c1[2H]. The average molecular weight is 242 g/mol. The maximum absolute atomic E-state index is 11.9. The molecule has 92 valence electrons. The molecule has 17 heavy (non-hydrogen) atoms. The highest BCUT2D eigenvalue weighted by molar-refractivity contribution is 6.02. The van der Waals surface area contributed by atoms with Crippen molar-refractivity contribution in [1.82, 2.24) is 0 Å². The van der Waals surface area contributed by atoms with Crippen LogP contribution in [0.1, 0.15) is 39.0 Å². The Hall–Kier alpha value is -1.88. The van der Waals surface area contributed by atoms with Gasteiger partial charge in [0.15, 0.2) is 0 Å². The Kier molecular flexibility index (Phi) is 3.22. The van der Waals surface area contributed by atoms with Gasteiger partial charge in [-0.2, -0.15) is 0 Å². The van der Waals surface area contributed by atoms with Gasteiger partial charge in [-0.1, -0.05) is 12.1 Å². The summed E-state index contributed by atoms with van der Waals surface area (Å²) in [5.41, 5.74) is -1.51. The lowest BCUT2D eigenvalue weighted by Gasteiger charge is -2.06. The minimum Gasteiger partial charge on any atom is -0.478 e. The van der Waals surface area contributed by atoms with Crippen LogP contribution in [0.25, 0.3) is 0 Å². The average Bonchev–Trinajstić information content (AvgIpc) is 2.44. The summed E-state index contributed by atoms with van der Waals surface area (Å²) in [6.45, 7) is -0.163. The van der Waals surface area contributed by atoms with E-state index in [1.54, 1.807) is 0 Å². The van der Waals surface area contributed by atoms with E-state index in [2.05, 4.69) is 0 Å². The molecule has 0 radical (unpaired) electrons. The summed E-state index contributed by atoms with van der Waals surface area (Å²) in [5, 5.41) is 17.7.